The summed E-state index contributed by atoms with van der Waals surface area (Å²) in [5.74, 6) is 0.708. The van der Waals surface area contributed by atoms with Gasteiger partial charge >= 0.3 is 6.03 Å². The maximum absolute atomic E-state index is 12.0. The van der Waals surface area contributed by atoms with Crippen LogP contribution in [0.3, 0.4) is 0 Å². The normalized spacial score (nSPS) is 18.2. The summed E-state index contributed by atoms with van der Waals surface area (Å²) >= 11 is 0. The fourth-order valence-corrected chi connectivity index (χ4v) is 2.45. The lowest BCUT2D eigenvalue weighted by atomic mass is 10.00. The highest BCUT2D eigenvalue weighted by Crippen LogP contribution is 2.16. The van der Waals surface area contributed by atoms with Crippen molar-refractivity contribution >= 4 is 15.9 Å². The topological polar surface area (TPSA) is 57.7 Å². The summed E-state index contributed by atoms with van der Waals surface area (Å²) in [5.41, 5.74) is 0. The average Bonchev–Trinajstić information content (AvgIpc) is 2.25. The SMILES string of the molecule is CC1CCN(C(=O)N(C)CCS(C)(=O)=O)CC1. The molecule has 0 bridgehead atoms. The van der Waals surface area contributed by atoms with E-state index in [0.717, 1.165) is 25.9 Å². The number of sulfone groups is 1. The molecule has 0 aromatic rings. The summed E-state index contributed by atoms with van der Waals surface area (Å²) in [7, 11) is -1.35. The highest BCUT2D eigenvalue weighted by Gasteiger charge is 2.23. The van der Waals surface area contributed by atoms with Gasteiger partial charge in [-0.05, 0) is 18.8 Å². The van der Waals surface area contributed by atoms with Crippen molar-refractivity contribution in [1.29, 1.82) is 0 Å². The highest BCUT2D eigenvalue weighted by molar-refractivity contribution is 7.90. The van der Waals surface area contributed by atoms with Crippen LogP contribution >= 0.6 is 0 Å². The van der Waals surface area contributed by atoms with Crippen LogP contribution in [0.5, 0.6) is 0 Å². The zero-order valence-corrected chi connectivity index (χ0v) is 11.7. The molecule has 1 rings (SSSR count). The van der Waals surface area contributed by atoms with Crippen molar-refractivity contribution in [2.75, 3.05) is 38.7 Å². The van der Waals surface area contributed by atoms with Crippen LogP contribution in [0.4, 0.5) is 4.79 Å². The summed E-state index contributed by atoms with van der Waals surface area (Å²) in [6.07, 6.45) is 3.26. The maximum Gasteiger partial charge on any atom is 0.319 e. The van der Waals surface area contributed by atoms with Crippen molar-refractivity contribution in [3.05, 3.63) is 0 Å². The number of likely N-dealkylation sites (tertiary alicyclic amines) is 1. The van der Waals surface area contributed by atoms with Crippen LogP contribution in [0.2, 0.25) is 0 Å². The molecular formula is C11H22N2O3S. The van der Waals surface area contributed by atoms with Crippen molar-refractivity contribution in [2.45, 2.75) is 19.8 Å². The zero-order chi connectivity index (χ0) is 13.1. The Labute approximate surface area is 104 Å². The Balaban J connectivity index is 2.41. The van der Waals surface area contributed by atoms with Crippen LogP contribution in [-0.2, 0) is 9.84 Å². The molecule has 0 saturated carbocycles. The molecule has 0 aromatic heterocycles. The van der Waals surface area contributed by atoms with Gasteiger partial charge in [0.05, 0.1) is 5.75 Å². The Kier molecular flexibility index (Phi) is 4.80. The fourth-order valence-electron chi connectivity index (χ4n) is 1.84. The summed E-state index contributed by atoms with van der Waals surface area (Å²) in [5, 5.41) is 0. The van der Waals surface area contributed by atoms with Crippen LogP contribution in [-0.4, -0.2) is 62.9 Å². The summed E-state index contributed by atoms with van der Waals surface area (Å²) in [6, 6.07) is -0.0550. The lowest BCUT2D eigenvalue weighted by Gasteiger charge is -2.33. The molecule has 0 radical (unpaired) electrons. The van der Waals surface area contributed by atoms with E-state index >= 15 is 0 Å². The molecule has 0 aromatic carbocycles. The average molecular weight is 262 g/mol. The Bertz CT molecular complexity index is 359. The molecular weight excluding hydrogens is 240 g/mol. The molecule has 0 spiro atoms. The summed E-state index contributed by atoms with van der Waals surface area (Å²) in [4.78, 5) is 15.3. The number of hydrogen-bond acceptors (Lipinski definition) is 3. The van der Waals surface area contributed by atoms with Crippen molar-refractivity contribution in [3.8, 4) is 0 Å². The number of amides is 2. The van der Waals surface area contributed by atoms with Gasteiger partial charge in [-0.3, -0.25) is 0 Å². The number of carbonyl (C=O) groups excluding carboxylic acids is 1. The second kappa shape index (κ2) is 5.71. The third-order valence-electron chi connectivity index (χ3n) is 3.18. The van der Waals surface area contributed by atoms with E-state index in [-0.39, 0.29) is 18.3 Å². The molecule has 2 amide bonds. The smallest absolute Gasteiger partial charge is 0.319 e. The highest BCUT2D eigenvalue weighted by atomic mass is 32.2. The molecule has 1 aliphatic rings. The van der Waals surface area contributed by atoms with Gasteiger partial charge in [0.2, 0.25) is 0 Å². The molecule has 17 heavy (non-hydrogen) atoms. The second-order valence-electron chi connectivity index (χ2n) is 5.00. The fraction of sp³-hybridized carbons (Fsp3) is 0.909. The molecule has 0 aliphatic carbocycles. The summed E-state index contributed by atoms with van der Waals surface area (Å²) < 4.78 is 22.1. The first-order valence-corrected chi connectivity index (χ1v) is 8.03. The van der Waals surface area contributed by atoms with E-state index < -0.39 is 9.84 Å². The van der Waals surface area contributed by atoms with Gasteiger partial charge < -0.3 is 9.80 Å². The molecule has 1 saturated heterocycles. The molecule has 0 unspecified atom stereocenters. The van der Waals surface area contributed by atoms with Gasteiger partial charge in [0.15, 0.2) is 0 Å². The van der Waals surface area contributed by atoms with Gasteiger partial charge in [0.1, 0.15) is 9.84 Å². The number of rotatable bonds is 3. The van der Waals surface area contributed by atoms with Crippen molar-refractivity contribution in [2.24, 2.45) is 5.92 Å². The second-order valence-corrected chi connectivity index (χ2v) is 7.26. The van der Waals surface area contributed by atoms with Gasteiger partial charge in [-0.2, -0.15) is 0 Å². The maximum atomic E-state index is 12.0. The molecule has 1 aliphatic heterocycles. The third kappa shape index (κ3) is 4.93. The van der Waals surface area contributed by atoms with Gasteiger partial charge in [-0.15, -0.1) is 0 Å². The van der Waals surface area contributed by atoms with Crippen molar-refractivity contribution in [3.63, 3.8) is 0 Å². The number of urea groups is 1. The number of piperidine rings is 1. The first-order valence-electron chi connectivity index (χ1n) is 5.97. The largest absolute Gasteiger partial charge is 0.327 e. The Morgan fingerprint density at radius 1 is 1.35 bits per heavy atom. The van der Waals surface area contributed by atoms with Crippen LogP contribution < -0.4 is 0 Å². The predicted molar refractivity (Wildman–Crippen MR) is 67.7 cm³/mol. The van der Waals surface area contributed by atoms with Crippen LogP contribution in [0.15, 0.2) is 0 Å². The lowest BCUT2D eigenvalue weighted by Crippen LogP contribution is -2.46. The Hall–Kier alpha value is -0.780. The van der Waals surface area contributed by atoms with E-state index in [4.69, 9.17) is 0 Å². The minimum Gasteiger partial charge on any atom is -0.327 e. The Morgan fingerprint density at radius 3 is 2.35 bits per heavy atom. The van der Waals surface area contributed by atoms with E-state index in [1.165, 1.54) is 11.2 Å². The minimum absolute atomic E-state index is 0.0273. The molecule has 6 heteroatoms. The van der Waals surface area contributed by atoms with E-state index in [2.05, 4.69) is 6.92 Å². The van der Waals surface area contributed by atoms with Crippen molar-refractivity contribution in [1.82, 2.24) is 9.80 Å². The first kappa shape index (κ1) is 14.3. The van der Waals surface area contributed by atoms with Gasteiger partial charge in [0.25, 0.3) is 0 Å². The monoisotopic (exact) mass is 262 g/mol. The van der Waals surface area contributed by atoms with E-state index in [0.29, 0.717) is 5.92 Å². The molecule has 0 N–H and O–H groups in total. The number of carbonyl (C=O) groups is 1. The molecule has 1 fully saturated rings. The number of nitrogens with zero attached hydrogens (tertiary/aromatic N) is 2. The zero-order valence-electron chi connectivity index (χ0n) is 10.8. The van der Waals surface area contributed by atoms with Gasteiger partial charge in [-0.1, -0.05) is 6.92 Å². The van der Waals surface area contributed by atoms with E-state index in [1.807, 2.05) is 4.90 Å². The Morgan fingerprint density at radius 2 is 1.88 bits per heavy atom. The summed E-state index contributed by atoms with van der Waals surface area (Å²) in [6.45, 7) is 4.02. The van der Waals surface area contributed by atoms with Crippen molar-refractivity contribution < 1.29 is 13.2 Å². The molecule has 100 valence electrons. The van der Waals surface area contributed by atoms with Gasteiger partial charge in [-0.25, -0.2) is 13.2 Å². The molecule has 1 heterocycles. The molecule has 5 nitrogen and oxygen atoms in total. The van der Waals surface area contributed by atoms with Crippen LogP contribution in [0.1, 0.15) is 19.8 Å². The standard InChI is InChI=1S/C11H22N2O3S/c1-10-4-6-13(7-5-10)11(14)12(2)8-9-17(3,15)16/h10H,4-9H2,1-3H3. The van der Waals surface area contributed by atoms with E-state index in [9.17, 15) is 13.2 Å². The third-order valence-corrected chi connectivity index (χ3v) is 4.10. The quantitative estimate of drug-likeness (QED) is 0.756. The first-order chi connectivity index (χ1) is 7.79. The van der Waals surface area contributed by atoms with Crippen LogP contribution in [0, 0.1) is 5.92 Å². The van der Waals surface area contributed by atoms with E-state index in [1.54, 1.807) is 7.05 Å². The minimum atomic E-state index is -3.00. The van der Waals surface area contributed by atoms with Crippen LogP contribution in [0.25, 0.3) is 0 Å². The lowest BCUT2D eigenvalue weighted by molar-refractivity contribution is 0.145. The predicted octanol–water partition coefficient (Wildman–Crippen LogP) is 0.815. The molecule has 0 atom stereocenters. The number of hydrogen-bond donors (Lipinski definition) is 0. The van der Waals surface area contributed by atoms with Gasteiger partial charge in [0, 0.05) is 32.9 Å².